The molecule has 0 saturated carbocycles. The molecule has 0 unspecified atom stereocenters. The van der Waals surface area contributed by atoms with Crippen LogP contribution < -0.4 is 0 Å². The predicted molar refractivity (Wildman–Crippen MR) is 38.7 cm³/mol. The van der Waals surface area contributed by atoms with Gasteiger partial charge in [-0.15, -0.1) is 0 Å². The van der Waals surface area contributed by atoms with Crippen molar-refractivity contribution in [2.75, 3.05) is 0 Å². The first kappa shape index (κ1) is 7.32. The molecule has 2 atom stereocenters. The van der Waals surface area contributed by atoms with Gasteiger partial charge in [0.05, 0.1) is 5.92 Å². The lowest BCUT2D eigenvalue weighted by Crippen LogP contribution is -2.21. The van der Waals surface area contributed by atoms with E-state index >= 15 is 0 Å². The SMILES string of the molecule is C[C@@H]1C=CCC[C@H]1C(=O)O. The van der Waals surface area contributed by atoms with Crippen LogP contribution in [0, 0.1) is 11.8 Å². The zero-order valence-electron chi connectivity index (χ0n) is 6.08. The fraction of sp³-hybridized carbons (Fsp3) is 0.625. The summed E-state index contributed by atoms with van der Waals surface area (Å²) in [7, 11) is 0. The van der Waals surface area contributed by atoms with Gasteiger partial charge in [-0.05, 0) is 18.8 Å². The minimum atomic E-state index is -0.656. The third-order valence-corrected chi connectivity index (χ3v) is 2.04. The highest BCUT2D eigenvalue weighted by Gasteiger charge is 2.23. The summed E-state index contributed by atoms with van der Waals surface area (Å²) in [5, 5.41) is 8.67. The molecule has 0 heterocycles. The average molecular weight is 140 g/mol. The average Bonchev–Trinajstić information content (AvgIpc) is 1.88. The van der Waals surface area contributed by atoms with Gasteiger partial charge in [0, 0.05) is 0 Å². The van der Waals surface area contributed by atoms with Gasteiger partial charge in [-0.2, -0.15) is 0 Å². The summed E-state index contributed by atoms with van der Waals surface area (Å²) < 4.78 is 0. The highest BCUT2D eigenvalue weighted by atomic mass is 16.4. The lowest BCUT2D eigenvalue weighted by Gasteiger charge is -2.19. The van der Waals surface area contributed by atoms with Gasteiger partial charge in [-0.3, -0.25) is 4.79 Å². The van der Waals surface area contributed by atoms with Crippen molar-refractivity contribution in [3.63, 3.8) is 0 Å². The van der Waals surface area contributed by atoms with Crippen LogP contribution in [0.2, 0.25) is 0 Å². The molecule has 0 aliphatic heterocycles. The summed E-state index contributed by atoms with van der Waals surface area (Å²) in [4.78, 5) is 10.5. The molecule has 2 heteroatoms. The lowest BCUT2D eigenvalue weighted by atomic mass is 9.85. The summed E-state index contributed by atoms with van der Waals surface area (Å²) >= 11 is 0. The van der Waals surface area contributed by atoms with Crippen molar-refractivity contribution >= 4 is 5.97 Å². The number of hydrogen-bond acceptors (Lipinski definition) is 1. The maximum absolute atomic E-state index is 10.5. The summed E-state index contributed by atoms with van der Waals surface area (Å²) in [6.07, 6.45) is 5.76. The van der Waals surface area contributed by atoms with Crippen molar-refractivity contribution in [2.45, 2.75) is 19.8 Å². The van der Waals surface area contributed by atoms with E-state index in [1.165, 1.54) is 0 Å². The minimum Gasteiger partial charge on any atom is -0.481 e. The molecule has 0 aromatic rings. The van der Waals surface area contributed by atoms with E-state index in [9.17, 15) is 4.79 Å². The van der Waals surface area contributed by atoms with E-state index in [1.807, 2.05) is 13.0 Å². The summed E-state index contributed by atoms with van der Waals surface area (Å²) in [6.45, 7) is 1.95. The summed E-state index contributed by atoms with van der Waals surface area (Å²) in [6, 6.07) is 0. The Hall–Kier alpha value is -0.790. The molecule has 10 heavy (non-hydrogen) atoms. The van der Waals surface area contributed by atoms with E-state index in [1.54, 1.807) is 0 Å². The number of aliphatic carboxylic acids is 1. The molecule has 1 rings (SSSR count). The Labute approximate surface area is 60.6 Å². The highest BCUT2D eigenvalue weighted by molar-refractivity contribution is 5.70. The van der Waals surface area contributed by atoms with E-state index in [-0.39, 0.29) is 11.8 Å². The Morgan fingerprint density at radius 3 is 2.80 bits per heavy atom. The Morgan fingerprint density at radius 2 is 2.40 bits per heavy atom. The van der Waals surface area contributed by atoms with E-state index in [2.05, 4.69) is 6.08 Å². The molecular formula is C8H12O2. The number of allylic oxidation sites excluding steroid dienone is 2. The summed E-state index contributed by atoms with van der Waals surface area (Å²) in [5.74, 6) is -0.590. The van der Waals surface area contributed by atoms with Gasteiger partial charge in [0.1, 0.15) is 0 Å². The van der Waals surface area contributed by atoms with E-state index in [0.717, 1.165) is 12.8 Å². The van der Waals surface area contributed by atoms with Gasteiger partial charge in [0.2, 0.25) is 0 Å². The monoisotopic (exact) mass is 140 g/mol. The first-order valence-electron chi connectivity index (χ1n) is 3.61. The van der Waals surface area contributed by atoms with Crippen LogP contribution in [0.1, 0.15) is 19.8 Å². The Bertz CT molecular complexity index is 161. The normalized spacial score (nSPS) is 32.1. The first-order valence-corrected chi connectivity index (χ1v) is 3.61. The molecule has 0 fully saturated rings. The van der Waals surface area contributed by atoms with Crippen LogP contribution in [0.3, 0.4) is 0 Å². The van der Waals surface area contributed by atoms with Gasteiger partial charge in [-0.25, -0.2) is 0 Å². The second-order valence-corrected chi connectivity index (χ2v) is 2.81. The van der Waals surface area contributed by atoms with E-state index in [4.69, 9.17) is 5.11 Å². The van der Waals surface area contributed by atoms with Crippen LogP contribution >= 0.6 is 0 Å². The molecule has 0 aromatic carbocycles. The van der Waals surface area contributed by atoms with Gasteiger partial charge in [0.15, 0.2) is 0 Å². The quantitative estimate of drug-likeness (QED) is 0.562. The van der Waals surface area contributed by atoms with Crippen molar-refractivity contribution < 1.29 is 9.90 Å². The van der Waals surface area contributed by atoms with Crippen molar-refractivity contribution in [2.24, 2.45) is 11.8 Å². The molecule has 56 valence electrons. The third kappa shape index (κ3) is 1.38. The number of carboxylic acid groups (broad SMARTS) is 1. The molecular weight excluding hydrogens is 128 g/mol. The molecule has 2 nitrogen and oxygen atoms in total. The van der Waals surface area contributed by atoms with Crippen LogP contribution in [0.5, 0.6) is 0 Å². The molecule has 0 bridgehead atoms. The van der Waals surface area contributed by atoms with Gasteiger partial charge < -0.3 is 5.11 Å². The van der Waals surface area contributed by atoms with Crippen LogP contribution in [0.25, 0.3) is 0 Å². The smallest absolute Gasteiger partial charge is 0.307 e. The van der Waals surface area contributed by atoms with Crippen LogP contribution in [-0.4, -0.2) is 11.1 Å². The third-order valence-electron chi connectivity index (χ3n) is 2.04. The number of carbonyl (C=O) groups is 1. The Balaban J connectivity index is 2.60. The number of hydrogen-bond donors (Lipinski definition) is 1. The summed E-state index contributed by atoms with van der Waals surface area (Å²) in [5.41, 5.74) is 0. The van der Waals surface area contributed by atoms with Gasteiger partial charge in [0.25, 0.3) is 0 Å². The standard InChI is InChI=1S/C8H12O2/c1-6-4-2-3-5-7(6)8(9)10/h2,4,6-7H,3,5H2,1H3,(H,9,10)/t6-,7-/m1/s1. The Morgan fingerprint density at radius 1 is 1.70 bits per heavy atom. The van der Waals surface area contributed by atoms with Crippen molar-refractivity contribution in [1.29, 1.82) is 0 Å². The van der Waals surface area contributed by atoms with Crippen molar-refractivity contribution in [1.82, 2.24) is 0 Å². The second kappa shape index (κ2) is 2.86. The fourth-order valence-corrected chi connectivity index (χ4v) is 1.33. The first-order chi connectivity index (χ1) is 4.72. The van der Waals surface area contributed by atoms with Gasteiger partial charge in [-0.1, -0.05) is 19.1 Å². The second-order valence-electron chi connectivity index (χ2n) is 2.81. The molecule has 0 saturated heterocycles. The largest absolute Gasteiger partial charge is 0.481 e. The zero-order chi connectivity index (χ0) is 7.56. The van der Waals surface area contributed by atoms with Gasteiger partial charge >= 0.3 is 5.97 Å². The maximum Gasteiger partial charge on any atom is 0.307 e. The number of carboxylic acids is 1. The molecule has 0 radical (unpaired) electrons. The minimum absolute atomic E-state index is 0.148. The fourth-order valence-electron chi connectivity index (χ4n) is 1.33. The molecule has 0 aromatic heterocycles. The zero-order valence-corrected chi connectivity index (χ0v) is 6.08. The molecule has 1 aliphatic carbocycles. The van der Waals surface area contributed by atoms with Crippen molar-refractivity contribution in [3.05, 3.63) is 12.2 Å². The predicted octanol–water partition coefficient (Wildman–Crippen LogP) is 1.67. The van der Waals surface area contributed by atoms with E-state index < -0.39 is 5.97 Å². The maximum atomic E-state index is 10.5. The van der Waals surface area contributed by atoms with Crippen LogP contribution in [0.15, 0.2) is 12.2 Å². The number of rotatable bonds is 1. The van der Waals surface area contributed by atoms with Crippen LogP contribution in [0.4, 0.5) is 0 Å². The topological polar surface area (TPSA) is 37.3 Å². The van der Waals surface area contributed by atoms with Crippen LogP contribution in [-0.2, 0) is 4.79 Å². The molecule has 1 aliphatic rings. The lowest BCUT2D eigenvalue weighted by molar-refractivity contribution is -0.143. The molecule has 0 spiro atoms. The Kier molecular flexibility index (Phi) is 2.10. The highest BCUT2D eigenvalue weighted by Crippen LogP contribution is 2.23. The molecule has 1 N–H and O–H groups in total. The van der Waals surface area contributed by atoms with Crippen molar-refractivity contribution in [3.8, 4) is 0 Å². The molecule has 0 amide bonds. The van der Waals surface area contributed by atoms with E-state index in [0.29, 0.717) is 0 Å².